The molecule has 4 amide bonds. The fourth-order valence-electron chi connectivity index (χ4n) is 3.46. The predicted octanol–water partition coefficient (Wildman–Crippen LogP) is 6.14. The SMILES string of the molecule is CCCOc1ccc(/C=C2\C(=O)NC(=O)N(c3ccc(OCc4ccccc4Cl)cc3)C2=O)cc1Br. The zero-order chi connectivity index (χ0) is 25.7. The summed E-state index contributed by atoms with van der Waals surface area (Å²) < 4.78 is 12.1. The highest BCUT2D eigenvalue weighted by atomic mass is 79.9. The third kappa shape index (κ3) is 5.78. The van der Waals surface area contributed by atoms with Gasteiger partial charge in [0.25, 0.3) is 11.8 Å². The molecular formula is C27H22BrClN2O5. The third-order valence-corrected chi connectivity index (χ3v) is 6.27. The summed E-state index contributed by atoms with van der Waals surface area (Å²) >= 11 is 9.60. The minimum atomic E-state index is -0.823. The van der Waals surface area contributed by atoms with Gasteiger partial charge in [-0.15, -0.1) is 0 Å². The van der Waals surface area contributed by atoms with E-state index in [1.165, 1.54) is 6.08 Å². The summed E-state index contributed by atoms with van der Waals surface area (Å²) in [4.78, 5) is 39.1. The smallest absolute Gasteiger partial charge is 0.335 e. The number of hydrogen-bond donors (Lipinski definition) is 1. The maximum Gasteiger partial charge on any atom is 0.335 e. The van der Waals surface area contributed by atoms with E-state index in [0.717, 1.165) is 16.9 Å². The first kappa shape index (κ1) is 25.5. The Hall–Kier alpha value is -3.62. The Morgan fingerprint density at radius 2 is 1.75 bits per heavy atom. The summed E-state index contributed by atoms with van der Waals surface area (Å²) in [5, 5.41) is 2.83. The van der Waals surface area contributed by atoms with E-state index in [1.807, 2.05) is 25.1 Å². The van der Waals surface area contributed by atoms with Gasteiger partial charge in [0.1, 0.15) is 23.7 Å². The Morgan fingerprint density at radius 1 is 1.00 bits per heavy atom. The van der Waals surface area contributed by atoms with Crippen LogP contribution in [0.2, 0.25) is 5.02 Å². The number of anilines is 1. The van der Waals surface area contributed by atoms with Crippen LogP contribution in [0.4, 0.5) is 10.5 Å². The summed E-state index contributed by atoms with van der Waals surface area (Å²) in [6.45, 7) is 2.84. The number of nitrogens with one attached hydrogen (secondary N) is 1. The number of nitrogens with zero attached hydrogens (tertiary/aromatic N) is 1. The number of amides is 4. The predicted molar refractivity (Wildman–Crippen MR) is 141 cm³/mol. The van der Waals surface area contributed by atoms with Crippen LogP contribution in [0.1, 0.15) is 24.5 Å². The summed E-state index contributed by atoms with van der Waals surface area (Å²) in [6, 6.07) is 18.2. The molecule has 184 valence electrons. The number of benzene rings is 3. The van der Waals surface area contributed by atoms with Crippen LogP contribution in [-0.4, -0.2) is 24.5 Å². The molecule has 3 aromatic carbocycles. The third-order valence-electron chi connectivity index (χ3n) is 5.28. The second kappa shape index (κ2) is 11.4. The number of imide groups is 2. The van der Waals surface area contributed by atoms with Gasteiger partial charge in [-0.2, -0.15) is 0 Å². The fourth-order valence-corrected chi connectivity index (χ4v) is 4.16. The molecule has 0 radical (unpaired) electrons. The van der Waals surface area contributed by atoms with Crippen molar-refractivity contribution in [1.29, 1.82) is 0 Å². The van der Waals surface area contributed by atoms with Crippen LogP contribution in [0.15, 0.2) is 76.8 Å². The molecule has 1 N–H and O–H groups in total. The fraction of sp³-hybridized carbons (Fsp3) is 0.148. The van der Waals surface area contributed by atoms with Crippen molar-refractivity contribution in [2.24, 2.45) is 0 Å². The van der Waals surface area contributed by atoms with Crippen molar-refractivity contribution in [2.75, 3.05) is 11.5 Å². The quantitative estimate of drug-likeness (QED) is 0.260. The maximum absolute atomic E-state index is 13.2. The Kier molecular flexibility index (Phi) is 8.07. The summed E-state index contributed by atoms with van der Waals surface area (Å²) in [6.07, 6.45) is 2.30. The molecule has 4 rings (SSSR count). The molecular weight excluding hydrogens is 548 g/mol. The lowest BCUT2D eigenvalue weighted by Crippen LogP contribution is -2.54. The second-order valence-electron chi connectivity index (χ2n) is 7.87. The minimum Gasteiger partial charge on any atom is -0.492 e. The van der Waals surface area contributed by atoms with Crippen LogP contribution in [0.5, 0.6) is 11.5 Å². The molecule has 0 atom stereocenters. The van der Waals surface area contributed by atoms with Crippen molar-refractivity contribution in [3.05, 3.63) is 92.9 Å². The topological polar surface area (TPSA) is 84.9 Å². The molecule has 0 aliphatic carbocycles. The van der Waals surface area contributed by atoms with E-state index in [-0.39, 0.29) is 12.2 Å². The summed E-state index contributed by atoms with van der Waals surface area (Å²) in [5.74, 6) is -0.294. The van der Waals surface area contributed by atoms with Crippen LogP contribution in [0.3, 0.4) is 0 Å². The Labute approximate surface area is 221 Å². The average molecular weight is 570 g/mol. The molecule has 1 fully saturated rings. The highest BCUT2D eigenvalue weighted by Crippen LogP contribution is 2.29. The van der Waals surface area contributed by atoms with Crippen molar-refractivity contribution in [1.82, 2.24) is 5.32 Å². The number of halogens is 2. The molecule has 0 aromatic heterocycles. The first-order valence-electron chi connectivity index (χ1n) is 11.2. The van der Waals surface area contributed by atoms with Gasteiger partial charge >= 0.3 is 6.03 Å². The number of carbonyl (C=O) groups is 3. The van der Waals surface area contributed by atoms with E-state index in [2.05, 4.69) is 21.2 Å². The lowest BCUT2D eigenvalue weighted by Gasteiger charge is -2.26. The number of rotatable bonds is 8. The van der Waals surface area contributed by atoms with Gasteiger partial charge in [-0.3, -0.25) is 14.9 Å². The number of ether oxygens (including phenoxy) is 2. The first-order chi connectivity index (χ1) is 17.4. The van der Waals surface area contributed by atoms with Crippen molar-refractivity contribution < 1.29 is 23.9 Å². The normalized spacial score (nSPS) is 14.7. The van der Waals surface area contributed by atoms with Crippen molar-refractivity contribution in [3.63, 3.8) is 0 Å². The van der Waals surface area contributed by atoms with Crippen LogP contribution >= 0.6 is 27.5 Å². The Balaban J connectivity index is 1.52. The van der Waals surface area contributed by atoms with Gasteiger partial charge in [-0.05, 0) is 76.5 Å². The number of hydrogen-bond acceptors (Lipinski definition) is 5. The summed E-state index contributed by atoms with van der Waals surface area (Å²) in [7, 11) is 0. The van der Waals surface area contributed by atoms with E-state index < -0.39 is 17.8 Å². The zero-order valence-corrected chi connectivity index (χ0v) is 21.6. The van der Waals surface area contributed by atoms with E-state index in [4.69, 9.17) is 21.1 Å². The largest absolute Gasteiger partial charge is 0.492 e. The molecule has 0 unspecified atom stereocenters. The van der Waals surface area contributed by atoms with E-state index in [1.54, 1.807) is 48.5 Å². The van der Waals surface area contributed by atoms with Gasteiger partial charge in [-0.25, -0.2) is 9.69 Å². The molecule has 0 bridgehead atoms. The van der Waals surface area contributed by atoms with Gasteiger partial charge in [0.2, 0.25) is 0 Å². The van der Waals surface area contributed by atoms with Crippen LogP contribution in [0, 0.1) is 0 Å². The van der Waals surface area contributed by atoms with Crippen LogP contribution in [-0.2, 0) is 16.2 Å². The van der Waals surface area contributed by atoms with Gasteiger partial charge in [-0.1, -0.05) is 42.8 Å². The maximum atomic E-state index is 13.2. The van der Waals surface area contributed by atoms with E-state index in [9.17, 15) is 14.4 Å². The molecule has 1 aliphatic heterocycles. The molecule has 3 aromatic rings. The van der Waals surface area contributed by atoms with Crippen molar-refractivity contribution in [3.8, 4) is 11.5 Å². The standard InChI is InChI=1S/C27H22BrClN2O5/c1-2-13-35-24-12-7-17(15-22(24)28)14-21-25(32)30-27(34)31(26(21)33)19-8-10-20(11-9-19)36-16-18-5-3-4-6-23(18)29/h3-12,14-15H,2,13,16H2,1H3,(H,30,32,34)/b21-14+. The average Bonchev–Trinajstić information content (AvgIpc) is 2.86. The molecule has 0 spiro atoms. The minimum absolute atomic E-state index is 0.164. The summed E-state index contributed by atoms with van der Waals surface area (Å²) in [5.41, 5.74) is 1.56. The van der Waals surface area contributed by atoms with E-state index >= 15 is 0 Å². The Bertz CT molecular complexity index is 1340. The molecule has 9 heteroatoms. The first-order valence-corrected chi connectivity index (χ1v) is 12.3. The van der Waals surface area contributed by atoms with Crippen LogP contribution < -0.4 is 19.7 Å². The number of urea groups is 1. The Morgan fingerprint density at radius 3 is 2.44 bits per heavy atom. The molecule has 36 heavy (non-hydrogen) atoms. The number of carbonyl (C=O) groups excluding carboxylic acids is 3. The molecule has 0 saturated carbocycles. The van der Waals surface area contributed by atoms with Gasteiger partial charge in [0.15, 0.2) is 0 Å². The van der Waals surface area contributed by atoms with Crippen LogP contribution in [0.25, 0.3) is 6.08 Å². The lowest BCUT2D eigenvalue weighted by atomic mass is 10.1. The zero-order valence-electron chi connectivity index (χ0n) is 19.3. The highest BCUT2D eigenvalue weighted by Gasteiger charge is 2.36. The highest BCUT2D eigenvalue weighted by molar-refractivity contribution is 9.10. The van der Waals surface area contributed by atoms with Gasteiger partial charge < -0.3 is 9.47 Å². The molecule has 1 aliphatic rings. The monoisotopic (exact) mass is 568 g/mol. The van der Waals surface area contributed by atoms with Gasteiger partial charge in [0.05, 0.1) is 16.8 Å². The van der Waals surface area contributed by atoms with Crippen molar-refractivity contribution in [2.45, 2.75) is 20.0 Å². The van der Waals surface area contributed by atoms with E-state index in [0.29, 0.717) is 38.9 Å². The molecule has 1 heterocycles. The molecule has 1 saturated heterocycles. The lowest BCUT2D eigenvalue weighted by molar-refractivity contribution is -0.122. The number of barbiturate groups is 1. The molecule has 7 nitrogen and oxygen atoms in total. The van der Waals surface area contributed by atoms with Crippen molar-refractivity contribution >= 4 is 57.1 Å². The van der Waals surface area contributed by atoms with Gasteiger partial charge in [0, 0.05) is 10.6 Å². The second-order valence-corrected chi connectivity index (χ2v) is 9.13.